The monoisotopic (exact) mass is 177 g/mol. The van der Waals surface area contributed by atoms with Crippen LogP contribution >= 0.6 is 0 Å². The molecule has 0 bridgehead atoms. The van der Waals surface area contributed by atoms with E-state index in [1.165, 1.54) is 13.8 Å². The molecular weight excluding hydrogens is 162 g/mol. The van der Waals surface area contributed by atoms with Crippen LogP contribution in [0.1, 0.15) is 13.8 Å². The average Bonchev–Trinajstić information content (AvgIpc) is 1.83. The van der Waals surface area contributed by atoms with Gasteiger partial charge >= 0.3 is 6.09 Å². The lowest BCUT2D eigenvalue weighted by atomic mass is 10.3. The van der Waals surface area contributed by atoms with Gasteiger partial charge in [0.15, 0.2) is 0 Å². The van der Waals surface area contributed by atoms with Gasteiger partial charge in [-0.3, -0.25) is 0 Å². The highest BCUT2D eigenvalue weighted by molar-refractivity contribution is 5.64. The third-order valence-electron chi connectivity index (χ3n) is 1.24. The molecule has 2 unspecified atom stereocenters. The Morgan fingerprint density at radius 3 is 1.75 bits per heavy atom. The molecule has 0 radical (unpaired) electrons. The van der Waals surface area contributed by atoms with Gasteiger partial charge in [0.05, 0.1) is 12.2 Å². The van der Waals surface area contributed by atoms with Crippen molar-refractivity contribution in [2.75, 3.05) is 13.1 Å². The van der Waals surface area contributed by atoms with E-state index < -0.39 is 18.3 Å². The number of aliphatic hydroxyl groups is 2. The molecule has 3 N–H and O–H groups in total. The van der Waals surface area contributed by atoms with Crippen molar-refractivity contribution in [1.82, 2.24) is 4.90 Å². The highest BCUT2D eigenvalue weighted by Crippen LogP contribution is 1.95. The number of aliphatic hydroxyl groups excluding tert-OH is 2. The molecule has 12 heavy (non-hydrogen) atoms. The lowest BCUT2D eigenvalue weighted by molar-refractivity contribution is 0.0752. The molecule has 72 valence electrons. The van der Waals surface area contributed by atoms with E-state index in [-0.39, 0.29) is 13.1 Å². The summed E-state index contributed by atoms with van der Waals surface area (Å²) in [6.07, 6.45) is -2.54. The van der Waals surface area contributed by atoms with E-state index in [2.05, 4.69) is 0 Å². The first-order valence-electron chi connectivity index (χ1n) is 3.77. The van der Waals surface area contributed by atoms with Crippen LogP contribution in [0.25, 0.3) is 0 Å². The summed E-state index contributed by atoms with van der Waals surface area (Å²) in [5, 5.41) is 26.4. The Kier molecular flexibility index (Phi) is 4.61. The van der Waals surface area contributed by atoms with Gasteiger partial charge in [0.2, 0.25) is 0 Å². The standard InChI is InChI=1S/C7H15NO4/c1-5(9)3-8(7(11)12)4-6(2)10/h5-6,9-10H,3-4H2,1-2H3,(H,11,12). The average molecular weight is 177 g/mol. The zero-order valence-corrected chi connectivity index (χ0v) is 7.27. The van der Waals surface area contributed by atoms with Crippen molar-refractivity contribution in [3.05, 3.63) is 0 Å². The Balaban J connectivity index is 3.96. The minimum atomic E-state index is -1.13. The number of rotatable bonds is 4. The molecule has 0 aliphatic rings. The third-order valence-corrected chi connectivity index (χ3v) is 1.24. The molecule has 0 spiro atoms. The van der Waals surface area contributed by atoms with Crippen LogP contribution in [0.4, 0.5) is 4.79 Å². The Bertz CT molecular complexity index is 136. The number of carbonyl (C=O) groups is 1. The fourth-order valence-corrected chi connectivity index (χ4v) is 0.869. The molecule has 5 heteroatoms. The number of nitrogens with zero attached hydrogens (tertiary/aromatic N) is 1. The van der Waals surface area contributed by atoms with Crippen LogP contribution in [0.3, 0.4) is 0 Å². The molecule has 0 aromatic carbocycles. The molecule has 0 aliphatic heterocycles. The fraction of sp³-hybridized carbons (Fsp3) is 0.857. The Morgan fingerprint density at radius 2 is 1.58 bits per heavy atom. The molecule has 5 nitrogen and oxygen atoms in total. The summed E-state index contributed by atoms with van der Waals surface area (Å²) in [6, 6.07) is 0. The van der Waals surface area contributed by atoms with Gasteiger partial charge in [0.25, 0.3) is 0 Å². The summed E-state index contributed by atoms with van der Waals surface area (Å²) in [5.41, 5.74) is 0. The largest absolute Gasteiger partial charge is 0.465 e. The van der Waals surface area contributed by atoms with Crippen molar-refractivity contribution in [3.8, 4) is 0 Å². The summed E-state index contributed by atoms with van der Waals surface area (Å²) in [4.78, 5) is 11.5. The van der Waals surface area contributed by atoms with Gasteiger partial charge in [-0.2, -0.15) is 0 Å². The highest BCUT2D eigenvalue weighted by atomic mass is 16.4. The fourth-order valence-electron chi connectivity index (χ4n) is 0.869. The Morgan fingerprint density at radius 1 is 1.25 bits per heavy atom. The van der Waals surface area contributed by atoms with Gasteiger partial charge in [-0.05, 0) is 13.8 Å². The van der Waals surface area contributed by atoms with Crippen molar-refractivity contribution < 1.29 is 20.1 Å². The number of hydrogen-bond donors (Lipinski definition) is 3. The van der Waals surface area contributed by atoms with Crippen molar-refractivity contribution in [1.29, 1.82) is 0 Å². The maximum atomic E-state index is 10.5. The van der Waals surface area contributed by atoms with Crippen LogP contribution < -0.4 is 0 Å². The molecule has 2 atom stereocenters. The van der Waals surface area contributed by atoms with Crippen LogP contribution in [0.5, 0.6) is 0 Å². The van der Waals surface area contributed by atoms with E-state index in [9.17, 15) is 4.79 Å². The highest BCUT2D eigenvalue weighted by Gasteiger charge is 2.15. The van der Waals surface area contributed by atoms with Gasteiger partial charge in [0, 0.05) is 13.1 Å². The van der Waals surface area contributed by atoms with Gasteiger partial charge in [-0.1, -0.05) is 0 Å². The van der Waals surface area contributed by atoms with Crippen LogP contribution in [0.15, 0.2) is 0 Å². The molecule has 0 aliphatic carbocycles. The maximum Gasteiger partial charge on any atom is 0.407 e. The first kappa shape index (κ1) is 11.2. The molecule has 0 heterocycles. The number of hydrogen-bond acceptors (Lipinski definition) is 3. The van der Waals surface area contributed by atoms with Crippen LogP contribution in [0.2, 0.25) is 0 Å². The van der Waals surface area contributed by atoms with E-state index in [1.807, 2.05) is 0 Å². The number of carboxylic acid groups (broad SMARTS) is 1. The molecule has 1 amide bonds. The van der Waals surface area contributed by atoms with Gasteiger partial charge in [0.1, 0.15) is 0 Å². The lowest BCUT2D eigenvalue weighted by Gasteiger charge is -2.21. The summed E-state index contributed by atoms with van der Waals surface area (Å²) in [7, 11) is 0. The molecule has 0 aromatic heterocycles. The topological polar surface area (TPSA) is 81.0 Å². The predicted octanol–water partition coefficient (Wildman–Crippen LogP) is -0.272. The van der Waals surface area contributed by atoms with Crippen molar-refractivity contribution >= 4 is 6.09 Å². The lowest BCUT2D eigenvalue weighted by Crippen LogP contribution is -2.39. The molecule has 0 fully saturated rings. The normalized spacial score (nSPS) is 15.3. The Hall–Kier alpha value is -0.810. The SMILES string of the molecule is CC(O)CN(CC(C)O)C(=O)O. The summed E-state index contributed by atoms with van der Waals surface area (Å²) in [6.45, 7) is 3.05. The third kappa shape index (κ3) is 4.92. The second-order valence-electron chi connectivity index (χ2n) is 2.89. The predicted molar refractivity (Wildman–Crippen MR) is 43.0 cm³/mol. The summed E-state index contributed by atoms with van der Waals surface area (Å²) >= 11 is 0. The van der Waals surface area contributed by atoms with Crippen molar-refractivity contribution in [2.45, 2.75) is 26.1 Å². The van der Waals surface area contributed by atoms with E-state index >= 15 is 0 Å². The summed E-state index contributed by atoms with van der Waals surface area (Å²) in [5.74, 6) is 0. The van der Waals surface area contributed by atoms with E-state index in [4.69, 9.17) is 15.3 Å². The Labute approximate surface area is 71.2 Å². The minimum absolute atomic E-state index is 0.0280. The first-order valence-corrected chi connectivity index (χ1v) is 3.77. The maximum absolute atomic E-state index is 10.5. The molecule has 0 saturated heterocycles. The second-order valence-corrected chi connectivity index (χ2v) is 2.89. The summed E-state index contributed by atoms with van der Waals surface area (Å²) < 4.78 is 0. The van der Waals surface area contributed by atoms with E-state index in [0.29, 0.717) is 0 Å². The first-order chi connectivity index (χ1) is 5.43. The molecular formula is C7H15NO4. The van der Waals surface area contributed by atoms with Gasteiger partial charge in [-0.25, -0.2) is 4.79 Å². The zero-order chi connectivity index (χ0) is 9.72. The molecule has 0 aromatic rings. The zero-order valence-electron chi connectivity index (χ0n) is 7.27. The number of amides is 1. The second kappa shape index (κ2) is 4.95. The van der Waals surface area contributed by atoms with Gasteiger partial charge < -0.3 is 20.2 Å². The van der Waals surface area contributed by atoms with Gasteiger partial charge in [-0.15, -0.1) is 0 Å². The molecule has 0 saturated carbocycles. The van der Waals surface area contributed by atoms with E-state index in [0.717, 1.165) is 4.90 Å². The molecule has 0 rings (SSSR count). The van der Waals surface area contributed by atoms with Crippen LogP contribution in [-0.4, -0.2) is 51.6 Å². The van der Waals surface area contributed by atoms with Crippen LogP contribution in [-0.2, 0) is 0 Å². The van der Waals surface area contributed by atoms with Crippen molar-refractivity contribution in [2.24, 2.45) is 0 Å². The van der Waals surface area contributed by atoms with Crippen molar-refractivity contribution in [3.63, 3.8) is 0 Å². The van der Waals surface area contributed by atoms with E-state index in [1.54, 1.807) is 0 Å². The smallest absolute Gasteiger partial charge is 0.407 e. The quantitative estimate of drug-likeness (QED) is 0.552. The van der Waals surface area contributed by atoms with Crippen LogP contribution in [0, 0.1) is 0 Å². The minimum Gasteiger partial charge on any atom is -0.465 e.